The molecule has 0 bridgehead atoms. The lowest BCUT2D eigenvalue weighted by atomic mass is 9.98. The fraction of sp³-hybridized carbons (Fsp3) is 0.788. The van der Waals surface area contributed by atoms with E-state index < -0.39 is 74.2 Å². The zero-order valence-electron chi connectivity index (χ0n) is 39.5. The summed E-state index contributed by atoms with van der Waals surface area (Å²) in [4.78, 5) is 13.1. The van der Waals surface area contributed by atoms with E-state index in [1.165, 1.54) is 70.6 Å². The summed E-state index contributed by atoms with van der Waals surface area (Å²) in [5, 5.41) is 75.7. The van der Waals surface area contributed by atoms with Crippen molar-refractivity contribution in [2.24, 2.45) is 0 Å². The maximum Gasteiger partial charge on any atom is 0.249 e. The molecule has 0 aromatic heterocycles. The number of carbonyl (C=O) groups is 1. The lowest BCUT2D eigenvalue weighted by Crippen LogP contribution is -2.60. The van der Waals surface area contributed by atoms with Gasteiger partial charge in [0.1, 0.15) is 36.6 Å². The standard InChI is InChI=1S/C52H93NO10/c1-3-5-7-9-11-13-15-17-19-20-21-22-23-24-25-26-28-30-32-34-36-38-40-45(56)51(61)53-43(42-62-52-50(60)49(59)48(58)46(41-54)63-52)47(57)44(55)39-37-35-33-31-29-27-18-16-14-12-10-8-6-4-2/h8,10,16,18,21-22,24-25,31,33,43-50,52,54-60H,3-7,9,11-15,17,19-20,23,26-30,32,34-42H2,1-2H3,(H,53,61)/b10-8+,18-16+,22-21-,25-24-,33-31+. The Bertz CT molecular complexity index is 1210. The average molecular weight is 892 g/mol. The van der Waals surface area contributed by atoms with Gasteiger partial charge in [-0.25, -0.2) is 0 Å². The molecule has 9 unspecified atom stereocenters. The summed E-state index contributed by atoms with van der Waals surface area (Å²) in [5.74, 6) is -0.723. The minimum Gasteiger partial charge on any atom is -0.394 e. The first-order valence-electron chi connectivity index (χ1n) is 25.2. The van der Waals surface area contributed by atoms with E-state index in [4.69, 9.17) is 9.47 Å². The highest BCUT2D eigenvalue weighted by atomic mass is 16.7. The van der Waals surface area contributed by atoms with Crippen LogP contribution in [0.2, 0.25) is 0 Å². The van der Waals surface area contributed by atoms with Gasteiger partial charge in [0.25, 0.3) is 0 Å². The van der Waals surface area contributed by atoms with Gasteiger partial charge in [0.2, 0.25) is 5.91 Å². The van der Waals surface area contributed by atoms with Gasteiger partial charge in [-0.3, -0.25) is 4.79 Å². The third-order valence-corrected chi connectivity index (χ3v) is 11.7. The maximum atomic E-state index is 13.1. The molecule has 1 saturated heterocycles. The third kappa shape index (κ3) is 30.6. The summed E-state index contributed by atoms with van der Waals surface area (Å²) in [7, 11) is 0. The van der Waals surface area contributed by atoms with Crippen molar-refractivity contribution in [3.8, 4) is 0 Å². The molecule has 0 spiro atoms. The van der Waals surface area contributed by atoms with E-state index in [2.05, 4.69) is 79.9 Å². The van der Waals surface area contributed by atoms with E-state index in [0.717, 1.165) is 77.0 Å². The van der Waals surface area contributed by atoms with E-state index >= 15 is 0 Å². The topological polar surface area (TPSA) is 189 Å². The van der Waals surface area contributed by atoms with Crippen molar-refractivity contribution in [1.29, 1.82) is 0 Å². The molecule has 0 saturated carbocycles. The molecule has 366 valence electrons. The normalized spacial score (nSPS) is 21.7. The zero-order chi connectivity index (χ0) is 46.2. The van der Waals surface area contributed by atoms with Crippen LogP contribution in [-0.4, -0.2) is 110 Å². The summed E-state index contributed by atoms with van der Waals surface area (Å²) in [6, 6.07) is -1.20. The second kappa shape index (κ2) is 41.3. The maximum absolute atomic E-state index is 13.1. The molecule has 1 amide bonds. The van der Waals surface area contributed by atoms with Crippen LogP contribution in [0.25, 0.3) is 0 Å². The molecular weight excluding hydrogens is 799 g/mol. The molecule has 1 aliphatic heterocycles. The number of allylic oxidation sites excluding steroid dienone is 10. The Morgan fingerprint density at radius 2 is 1.03 bits per heavy atom. The van der Waals surface area contributed by atoms with Crippen LogP contribution in [0.3, 0.4) is 0 Å². The van der Waals surface area contributed by atoms with E-state index in [1.807, 2.05) is 0 Å². The first kappa shape index (κ1) is 58.8. The minimum absolute atomic E-state index is 0.235. The minimum atomic E-state index is -1.68. The molecule has 1 heterocycles. The molecule has 11 heteroatoms. The van der Waals surface area contributed by atoms with Crippen LogP contribution in [0.1, 0.15) is 194 Å². The van der Waals surface area contributed by atoms with Crippen LogP contribution in [0.4, 0.5) is 0 Å². The predicted molar refractivity (Wildman–Crippen MR) is 256 cm³/mol. The van der Waals surface area contributed by atoms with E-state index in [1.54, 1.807) is 0 Å². The van der Waals surface area contributed by atoms with Crippen molar-refractivity contribution in [3.63, 3.8) is 0 Å². The summed E-state index contributed by atoms with van der Waals surface area (Å²) < 4.78 is 11.1. The van der Waals surface area contributed by atoms with Crippen molar-refractivity contribution >= 4 is 5.91 Å². The van der Waals surface area contributed by atoms with Crippen LogP contribution in [0, 0.1) is 0 Å². The van der Waals surface area contributed by atoms with E-state index in [-0.39, 0.29) is 12.8 Å². The number of hydrogen-bond donors (Lipinski definition) is 8. The smallest absolute Gasteiger partial charge is 0.249 e. The first-order chi connectivity index (χ1) is 30.7. The number of aliphatic hydroxyl groups excluding tert-OH is 7. The lowest BCUT2D eigenvalue weighted by Gasteiger charge is -2.40. The van der Waals surface area contributed by atoms with Gasteiger partial charge in [0.05, 0.1) is 25.4 Å². The molecule has 9 atom stereocenters. The highest BCUT2D eigenvalue weighted by Crippen LogP contribution is 2.23. The largest absolute Gasteiger partial charge is 0.394 e. The van der Waals surface area contributed by atoms with Crippen LogP contribution in [0.5, 0.6) is 0 Å². The Morgan fingerprint density at radius 1 is 0.556 bits per heavy atom. The van der Waals surface area contributed by atoms with Crippen LogP contribution < -0.4 is 5.32 Å². The second-order valence-corrected chi connectivity index (χ2v) is 17.5. The molecule has 0 radical (unpaired) electrons. The average Bonchev–Trinajstić information content (AvgIpc) is 3.28. The number of ether oxygens (including phenoxy) is 2. The predicted octanol–water partition coefficient (Wildman–Crippen LogP) is 9.11. The number of carbonyl (C=O) groups excluding carboxylic acids is 1. The molecule has 0 aromatic rings. The third-order valence-electron chi connectivity index (χ3n) is 11.7. The van der Waals surface area contributed by atoms with Gasteiger partial charge in [0.15, 0.2) is 6.29 Å². The molecule has 0 aliphatic carbocycles. The van der Waals surface area contributed by atoms with Crippen molar-refractivity contribution in [3.05, 3.63) is 60.8 Å². The van der Waals surface area contributed by atoms with Crippen molar-refractivity contribution in [1.82, 2.24) is 5.32 Å². The van der Waals surface area contributed by atoms with Crippen molar-refractivity contribution < 1.29 is 50.0 Å². The first-order valence-corrected chi connectivity index (χ1v) is 25.2. The summed E-state index contributed by atoms with van der Waals surface area (Å²) in [6.07, 6.45) is 39.8. The fourth-order valence-electron chi connectivity index (χ4n) is 7.57. The molecule has 8 N–H and O–H groups in total. The Hall–Kier alpha value is -2.19. The Morgan fingerprint density at radius 3 is 1.57 bits per heavy atom. The van der Waals surface area contributed by atoms with Gasteiger partial charge in [-0.2, -0.15) is 0 Å². The summed E-state index contributed by atoms with van der Waals surface area (Å²) >= 11 is 0. The van der Waals surface area contributed by atoms with Gasteiger partial charge >= 0.3 is 0 Å². The second-order valence-electron chi connectivity index (χ2n) is 17.5. The van der Waals surface area contributed by atoms with E-state index in [0.29, 0.717) is 19.3 Å². The van der Waals surface area contributed by atoms with Crippen LogP contribution in [-0.2, 0) is 14.3 Å². The van der Waals surface area contributed by atoms with Crippen LogP contribution >= 0.6 is 0 Å². The van der Waals surface area contributed by atoms with Crippen molar-refractivity contribution in [2.45, 2.75) is 249 Å². The lowest BCUT2D eigenvalue weighted by molar-refractivity contribution is -0.303. The molecule has 1 fully saturated rings. The van der Waals surface area contributed by atoms with Gasteiger partial charge in [-0.1, -0.05) is 164 Å². The molecular formula is C52H93NO10. The SMILES string of the molecule is CCC/C=C/CC/C=C/CC/C=C/CCCC(O)C(O)C(COC1OC(CO)C(O)C(O)C1O)NC(=O)C(O)CCCCCCCC/C=C\C/C=C\CCCCCCCCCCC. The number of hydrogen-bond acceptors (Lipinski definition) is 10. The monoisotopic (exact) mass is 892 g/mol. The van der Waals surface area contributed by atoms with E-state index in [9.17, 15) is 40.5 Å². The van der Waals surface area contributed by atoms with Crippen molar-refractivity contribution in [2.75, 3.05) is 13.2 Å². The Kier molecular flexibility index (Phi) is 38.5. The molecule has 0 aromatic carbocycles. The summed E-state index contributed by atoms with van der Waals surface area (Å²) in [5.41, 5.74) is 0. The molecule has 63 heavy (non-hydrogen) atoms. The van der Waals surface area contributed by atoms with Gasteiger partial charge in [-0.05, 0) is 89.9 Å². The highest BCUT2D eigenvalue weighted by molar-refractivity contribution is 5.80. The number of nitrogens with one attached hydrogen (secondary N) is 1. The molecule has 1 aliphatic rings. The van der Waals surface area contributed by atoms with Gasteiger partial charge < -0.3 is 50.5 Å². The Labute approximate surface area is 382 Å². The Balaban J connectivity index is 2.42. The number of unbranched alkanes of at least 4 members (excludes halogenated alkanes) is 19. The molecule has 11 nitrogen and oxygen atoms in total. The van der Waals surface area contributed by atoms with Gasteiger partial charge in [0, 0.05) is 0 Å². The number of rotatable bonds is 41. The fourth-order valence-corrected chi connectivity index (χ4v) is 7.57. The zero-order valence-corrected chi connectivity index (χ0v) is 39.5. The number of aliphatic hydroxyl groups is 7. The van der Waals surface area contributed by atoms with Gasteiger partial charge in [-0.15, -0.1) is 0 Å². The summed E-state index contributed by atoms with van der Waals surface area (Å²) in [6.45, 7) is 3.34. The quantitative estimate of drug-likeness (QED) is 0.0217. The number of amides is 1. The van der Waals surface area contributed by atoms with Crippen LogP contribution in [0.15, 0.2) is 60.8 Å². The molecule has 1 rings (SSSR count). The highest BCUT2D eigenvalue weighted by Gasteiger charge is 2.44.